The van der Waals surface area contributed by atoms with Crippen LogP contribution in [-0.2, 0) is 6.54 Å². The highest BCUT2D eigenvalue weighted by Crippen LogP contribution is 2.40. The quantitative estimate of drug-likeness (QED) is 0.318. The molecule has 0 bridgehead atoms. The molecule has 226 valence electrons. The number of methoxy groups -OCH3 is 1. The molecule has 4 aromatic rings. The van der Waals surface area contributed by atoms with Crippen molar-refractivity contribution in [1.82, 2.24) is 9.47 Å². The van der Waals surface area contributed by atoms with Gasteiger partial charge in [-0.05, 0) is 61.8 Å². The van der Waals surface area contributed by atoms with E-state index in [1.165, 1.54) is 32.6 Å². The average Bonchev–Trinajstić information content (AvgIpc) is 3.05. The number of piperidine rings is 1. The fraction of sp³-hybridized carbons (Fsp3) is 0.324. The number of nitriles is 1. The Kier molecular flexibility index (Phi) is 8.22. The molecule has 6 rings (SSSR count). The number of hydrogen-bond donors (Lipinski definition) is 1. The fourth-order valence-electron chi connectivity index (χ4n) is 6.41. The SMILES string of the molecule is COc1c(N2CCN(c3ccccc3C#N)CC2)c(F)cc2c(=O)c(C(=O)O)cn(-c3ccc(CN4CCCCC4)cc3)c12. The first-order valence-corrected chi connectivity index (χ1v) is 14.9. The predicted molar refractivity (Wildman–Crippen MR) is 168 cm³/mol. The van der Waals surface area contributed by atoms with Crippen molar-refractivity contribution in [2.45, 2.75) is 25.8 Å². The Morgan fingerprint density at radius 2 is 1.66 bits per heavy atom. The minimum atomic E-state index is -1.38. The molecule has 0 radical (unpaired) electrons. The van der Waals surface area contributed by atoms with Crippen LogP contribution in [0, 0.1) is 17.1 Å². The summed E-state index contributed by atoms with van der Waals surface area (Å²) in [6, 6.07) is 18.5. The van der Waals surface area contributed by atoms with Crippen molar-refractivity contribution < 1.29 is 19.0 Å². The zero-order chi connectivity index (χ0) is 30.8. The second kappa shape index (κ2) is 12.4. The topological polar surface area (TPSA) is 102 Å². The number of aromatic nitrogens is 1. The van der Waals surface area contributed by atoms with E-state index < -0.39 is 22.8 Å². The number of halogens is 1. The smallest absolute Gasteiger partial charge is 0.341 e. The Labute approximate surface area is 254 Å². The number of hydrogen-bond acceptors (Lipinski definition) is 7. The number of likely N-dealkylation sites (tertiary alicyclic amines) is 1. The van der Waals surface area contributed by atoms with Gasteiger partial charge in [0.2, 0.25) is 5.43 Å². The molecule has 0 amide bonds. The number of para-hydroxylation sites is 1. The van der Waals surface area contributed by atoms with Gasteiger partial charge in [-0.15, -0.1) is 0 Å². The van der Waals surface area contributed by atoms with E-state index in [1.807, 2.05) is 47.4 Å². The minimum absolute atomic E-state index is 0.0676. The number of anilines is 2. The van der Waals surface area contributed by atoms with Gasteiger partial charge < -0.3 is 24.2 Å². The monoisotopic (exact) mass is 595 g/mol. The summed E-state index contributed by atoms with van der Waals surface area (Å²) in [7, 11) is 1.43. The number of fused-ring (bicyclic) bond motifs is 1. The lowest BCUT2D eigenvalue weighted by atomic mass is 10.1. The molecule has 0 saturated carbocycles. The Morgan fingerprint density at radius 3 is 2.32 bits per heavy atom. The van der Waals surface area contributed by atoms with Gasteiger partial charge in [-0.25, -0.2) is 9.18 Å². The molecule has 3 heterocycles. The van der Waals surface area contributed by atoms with Gasteiger partial charge in [0.25, 0.3) is 0 Å². The molecular weight excluding hydrogens is 561 g/mol. The molecular formula is C34H34FN5O4. The summed E-state index contributed by atoms with van der Waals surface area (Å²) in [6.45, 7) is 4.94. The Morgan fingerprint density at radius 1 is 0.977 bits per heavy atom. The molecule has 1 aromatic heterocycles. The van der Waals surface area contributed by atoms with Crippen LogP contribution in [0.4, 0.5) is 15.8 Å². The number of carbonyl (C=O) groups is 1. The molecule has 2 fully saturated rings. The van der Waals surface area contributed by atoms with E-state index >= 15 is 4.39 Å². The molecule has 2 saturated heterocycles. The molecule has 2 aliphatic heterocycles. The largest absolute Gasteiger partial charge is 0.492 e. The molecule has 1 N–H and O–H groups in total. The van der Waals surface area contributed by atoms with Gasteiger partial charge in [-0.2, -0.15) is 5.26 Å². The first-order chi connectivity index (χ1) is 21.4. The van der Waals surface area contributed by atoms with Crippen LogP contribution in [0.15, 0.2) is 65.6 Å². The maximum Gasteiger partial charge on any atom is 0.341 e. The number of nitrogens with zero attached hydrogens (tertiary/aromatic N) is 5. The summed E-state index contributed by atoms with van der Waals surface area (Å²) in [5.74, 6) is -1.88. The molecule has 0 atom stereocenters. The Bertz CT molecular complexity index is 1800. The lowest BCUT2D eigenvalue weighted by molar-refractivity contribution is 0.0695. The molecule has 44 heavy (non-hydrogen) atoms. The van der Waals surface area contributed by atoms with Gasteiger partial charge in [-0.1, -0.05) is 30.7 Å². The summed E-state index contributed by atoms with van der Waals surface area (Å²) < 4.78 is 23.4. The standard InChI is InChI=1S/C34H34FN5O4/c1-44-33-30-26(19-28(35)31(33)39-17-15-38(16-18-39)29-8-4-3-7-24(29)20-36)32(41)27(34(42)43)22-40(30)25-11-9-23(10-12-25)21-37-13-5-2-6-14-37/h3-4,7-12,19,22H,2,5-6,13-18,21H2,1H3,(H,42,43). The number of ether oxygens (including phenoxy) is 1. The maximum atomic E-state index is 15.9. The molecule has 0 aliphatic carbocycles. The number of pyridine rings is 1. The molecule has 2 aliphatic rings. The summed E-state index contributed by atoms with van der Waals surface area (Å²) in [4.78, 5) is 31.8. The zero-order valence-electron chi connectivity index (χ0n) is 24.6. The van der Waals surface area contributed by atoms with Crippen LogP contribution in [-0.4, -0.2) is 66.9 Å². The molecule has 9 nitrogen and oxygen atoms in total. The van der Waals surface area contributed by atoms with Crippen molar-refractivity contribution in [3.63, 3.8) is 0 Å². The van der Waals surface area contributed by atoms with Crippen LogP contribution in [0.3, 0.4) is 0 Å². The Hall–Kier alpha value is -4.88. The second-order valence-electron chi connectivity index (χ2n) is 11.3. The van der Waals surface area contributed by atoms with Crippen molar-refractivity contribution in [3.8, 4) is 17.5 Å². The van der Waals surface area contributed by atoms with E-state index in [9.17, 15) is 20.0 Å². The first kappa shape index (κ1) is 29.2. The van der Waals surface area contributed by atoms with Gasteiger partial charge in [0, 0.05) is 44.6 Å². The number of carboxylic acid groups (broad SMARTS) is 1. The lowest BCUT2D eigenvalue weighted by Gasteiger charge is -2.38. The molecule has 10 heteroatoms. The van der Waals surface area contributed by atoms with E-state index in [0.29, 0.717) is 42.9 Å². The molecule has 0 spiro atoms. The fourth-order valence-corrected chi connectivity index (χ4v) is 6.41. The summed E-state index contributed by atoms with van der Waals surface area (Å²) in [6.07, 6.45) is 4.95. The molecule has 3 aromatic carbocycles. The number of aromatic carboxylic acids is 1. The van der Waals surface area contributed by atoms with Gasteiger partial charge >= 0.3 is 5.97 Å². The third-order valence-electron chi connectivity index (χ3n) is 8.64. The Balaban J connectivity index is 1.40. The van der Waals surface area contributed by atoms with Crippen molar-refractivity contribution in [1.29, 1.82) is 5.26 Å². The third kappa shape index (κ3) is 5.47. The van der Waals surface area contributed by atoms with Crippen LogP contribution in [0.5, 0.6) is 5.75 Å². The van der Waals surface area contributed by atoms with E-state index in [2.05, 4.69) is 15.9 Å². The van der Waals surface area contributed by atoms with Crippen LogP contribution in [0.2, 0.25) is 0 Å². The highest BCUT2D eigenvalue weighted by atomic mass is 19.1. The van der Waals surface area contributed by atoms with Crippen molar-refractivity contribution in [2.24, 2.45) is 0 Å². The normalized spacial score (nSPS) is 15.8. The van der Waals surface area contributed by atoms with Crippen molar-refractivity contribution in [2.75, 3.05) is 56.2 Å². The highest BCUT2D eigenvalue weighted by Gasteiger charge is 2.28. The third-order valence-corrected chi connectivity index (χ3v) is 8.64. The van der Waals surface area contributed by atoms with E-state index in [0.717, 1.165) is 37.0 Å². The van der Waals surface area contributed by atoms with Gasteiger partial charge in [0.1, 0.15) is 22.8 Å². The summed E-state index contributed by atoms with van der Waals surface area (Å²) >= 11 is 0. The highest BCUT2D eigenvalue weighted by molar-refractivity contribution is 5.98. The van der Waals surface area contributed by atoms with E-state index in [1.54, 1.807) is 10.6 Å². The van der Waals surface area contributed by atoms with Crippen LogP contribution in [0.25, 0.3) is 16.6 Å². The number of piperazine rings is 1. The van der Waals surface area contributed by atoms with Crippen molar-refractivity contribution in [3.05, 3.63) is 93.5 Å². The minimum Gasteiger partial charge on any atom is -0.492 e. The maximum absolute atomic E-state index is 15.9. The van der Waals surface area contributed by atoms with E-state index in [4.69, 9.17) is 4.74 Å². The average molecular weight is 596 g/mol. The van der Waals surface area contributed by atoms with Gasteiger partial charge in [0.15, 0.2) is 11.6 Å². The molecule has 0 unspecified atom stereocenters. The van der Waals surface area contributed by atoms with Crippen molar-refractivity contribution >= 4 is 28.2 Å². The number of rotatable bonds is 7. The van der Waals surface area contributed by atoms with Gasteiger partial charge in [0.05, 0.1) is 23.7 Å². The van der Waals surface area contributed by atoms with Crippen LogP contribution in [0.1, 0.15) is 40.7 Å². The number of carboxylic acids is 1. The predicted octanol–water partition coefficient (Wildman–Crippen LogP) is 5.02. The van der Waals surface area contributed by atoms with Crippen LogP contribution >= 0.6 is 0 Å². The first-order valence-electron chi connectivity index (χ1n) is 14.9. The zero-order valence-corrected chi connectivity index (χ0v) is 24.6. The lowest BCUT2D eigenvalue weighted by Crippen LogP contribution is -2.47. The summed E-state index contributed by atoms with van der Waals surface area (Å²) in [5.41, 5.74) is 2.48. The second-order valence-corrected chi connectivity index (χ2v) is 11.3. The van der Waals surface area contributed by atoms with Crippen LogP contribution < -0.4 is 20.0 Å². The number of benzene rings is 3. The van der Waals surface area contributed by atoms with Gasteiger partial charge in [-0.3, -0.25) is 9.69 Å². The summed E-state index contributed by atoms with van der Waals surface area (Å²) in [5, 5.41) is 19.3. The van der Waals surface area contributed by atoms with E-state index in [-0.39, 0.29) is 16.8 Å².